The Labute approximate surface area is 143 Å². The molecule has 0 aliphatic carbocycles. The van der Waals surface area contributed by atoms with Crippen molar-refractivity contribution in [3.05, 3.63) is 56.6 Å². The average molecular weight is 358 g/mol. The van der Waals surface area contributed by atoms with Crippen LogP contribution in [0.25, 0.3) is 11.2 Å². The number of amides is 1. The number of H-pyrrole nitrogens is 2. The zero-order valence-corrected chi connectivity index (χ0v) is 13.3. The zero-order chi connectivity index (χ0) is 17.6. The normalized spacial score (nSPS) is 17.4. The van der Waals surface area contributed by atoms with Crippen molar-refractivity contribution in [1.82, 2.24) is 19.9 Å². The number of rotatable bonds is 3. The van der Waals surface area contributed by atoms with E-state index in [0.717, 1.165) is 0 Å². The van der Waals surface area contributed by atoms with Gasteiger partial charge in [-0.2, -0.15) is 4.98 Å². The summed E-state index contributed by atoms with van der Waals surface area (Å²) in [5.41, 5.74) is 0.479. The van der Waals surface area contributed by atoms with Crippen LogP contribution in [-0.2, 0) is 4.79 Å². The van der Waals surface area contributed by atoms with Crippen LogP contribution in [0.15, 0.2) is 35.4 Å². The second-order valence-electron chi connectivity index (χ2n) is 5.27. The number of aromatic nitrogens is 4. The summed E-state index contributed by atoms with van der Waals surface area (Å²) < 4.78 is 0. The molecule has 1 unspecified atom stereocenters. The van der Waals surface area contributed by atoms with Crippen LogP contribution in [-0.4, -0.2) is 36.5 Å². The summed E-state index contributed by atoms with van der Waals surface area (Å²) in [6.45, 7) is 0. The van der Waals surface area contributed by atoms with Crippen LogP contribution in [0, 0.1) is 10.1 Å². The number of thioether (sulfide) groups is 1. The van der Waals surface area contributed by atoms with E-state index >= 15 is 0 Å². The summed E-state index contributed by atoms with van der Waals surface area (Å²) in [7, 11) is 0. The Balaban J connectivity index is 1.80. The van der Waals surface area contributed by atoms with Crippen molar-refractivity contribution in [2.24, 2.45) is 0 Å². The Morgan fingerprint density at radius 2 is 2.20 bits per heavy atom. The monoisotopic (exact) mass is 358 g/mol. The first kappa shape index (κ1) is 15.3. The van der Waals surface area contributed by atoms with Crippen LogP contribution in [0.5, 0.6) is 0 Å². The fourth-order valence-corrected chi connectivity index (χ4v) is 3.78. The second kappa shape index (κ2) is 5.70. The molecule has 0 bridgehead atoms. The van der Waals surface area contributed by atoms with Gasteiger partial charge in [0.1, 0.15) is 5.37 Å². The Morgan fingerprint density at radius 3 is 3.00 bits per heavy atom. The number of carbonyl (C=O) groups is 1. The SMILES string of the molecule is O=C1CSC(c2cccc([N+](=O)[O-])c2)N1c1nc2nc[nH]c2c(=O)[nH]1. The number of nitrogens with zero attached hydrogens (tertiary/aromatic N) is 4. The molecular formula is C14H10N6O4S. The van der Waals surface area contributed by atoms with E-state index in [9.17, 15) is 19.7 Å². The molecule has 1 aromatic carbocycles. The first-order valence-electron chi connectivity index (χ1n) is 7.16. The largest absolute Gasteiger partial charge is 0.339 e. The predicted molar refractivity (Wildman–Crippen MR) is 90.3 cm³/mol. The number of nitrogens with one attached hydrogen (secondary N) is 2. The molecule has 1 fully saturated rings. The summed E-state index contributed by atoms with van der Waals surface area (Å²) in [6.07, 6.45) is 1.34. The number of carbonyl (C=O) groups excluding carboxylic acids is 1. The zero-order valence-electron chi connectivity index (χ0n) is 12.5. The van der Waals surface area contributed by atoms with Crippen molar-refractivity contribution in [3.8, 4) is 0 Å². The van der Waals surface area contributed by atoms with Gasteiger partial charge in [-0.3, -0.25) is 29.6 Å². The molecule has 2 aromatic heterocycles. The van der Waals surface area contributed by atoms with Gasteiger partial charge in [0.15, 0.2) is 11.2 Å². The van der Waals surface area contributed by atoms with Gasteiger partial charge in [0.05, 0.1) is 17.0 Å². The lowest BCUT2D eigenvalue weighted by molar-refractivity contribution is -0.384. The highest BCUT2D eigenvalue weighted by Gasteiger charge is 2.36. The molecule has 1 aliphatic heterocycles. The van der Waals surface area contributed by atoms with Gasteiger partial charge in [-0.25, -0.2) is 4.98 Å². The van der Waals surface area contributed by atoms with Crippen LogP contribution in [0.1, 0.15) is 10.9 Å². The van der Waals surface area contributed by atoms with Crippen molar-refractivity contribution in [3.63, 3.8) is 0 Å². The molecule has 0 saturated carbocycles. The van der Waals surface area contributed by atoms with Crippen molar-refractivity contribution < 1.29 is 9.72 Å². The highest BCUT2D eigenvalue weighted by molar-refractivity contribution is 8.00. The van der Waals surface area contributed by atoms with E-state index in [4.69, 9.17) is 0 Å². The number of hydrogen-bond acceptors (Lipinski definition) is 7. The minimum atomic E-state index is -0.521. The standard InChI is InChI=1S/C14H10N6O4S/c21-9-5-25-13(7-2-1-3-8(4-7)20(23)24)19(9)14-17-11-10(12(22)18-14)15-6-16-11/h1-4,6,13H,5H2,(H2,15,16,17,18,22). The molecule has 25 heavy (non-hydrogen) atoms. The lowest BCUT2D eigenvalue weighted by Gasteiger charge is -2.22. The van der Waals surface area contributed by atoms with E-state index in [1.807, 2.05) is 0 Å². The summed E-state index contributed by atoms with van der Waals surface area (Å²) in [6, 6.07) is 6.04. The molecular weight excluding hydrogens is 348 g/mol. The molecule has 3 heterocycles. The predicted octanol–water partition coefficient (Wildman–Crippen LogP) is 1.33. The number of non-ortho nitro benzene ring substituents is 1. The van der Waals surface area contributed by atoms with Crippen LogP contribution in [0.2, 0.25) is 0 Å². The van der Waals surface area contributed by atoms with Crippen LogP contribution in [0.3, 0.4) is 0 Å². The summed E-state index contributed by atoms with van der Waals surface area (Å²) in [4.78, 5) is 49.7. The van der Waals surface area contributed by atoms with E-state index in [1.165, 1.54) is 35.1 Å². The third-order valence-electron chi connectivity index (χ3n) is 3.75. The van der Waals surface area contributed by atoms with Gasteiger partial charge in [0.25, 0.3) is 11.2 Å². The molecule has 3 aromatic rings. The van der Waals surface area contributed by atoms with Gasteiger partial charge < -0.3 is 4.98 Å². The first-order chi connectivity index (χ1) is 12.0. The summed E-state index contributed by atoms with van der Waals surface area (Å²) >= 11 is 1.30. The molecule has 2 N–H and O–H groups in total. The van der Waals surface area contributed by atoms with Gasteiger partial charge in [-0.15, -0.1) is 11.8 Å². The fourth-order valence-electron chi connectivity index (χ4n) is 2.64. The van der Waals surface area contributed by atoms with Crippen LogP contribution >= 0.6 is 11.8 Å². The summed E-state index contributed by atoms with van der Waals surface area (Å²) in [5, 5.41) is 10.5. The molecule has 0 spiro atoms. The van der Waals surface area contributed by atoms with Gasteiger partial charge in [0, 0.05) is 12.1 Å². The van der Waals surface area contributed by atoms with Gasteiger partial charge in [-0.1, -0.05) is 12.1 Å². The molecule has 126 valence electrons. The quantitative estimate of drug-likeness (QED) is 0.532. The number of imidazole rings is 1. The number of anilines is 1. The minimum absolute atomic E-state index is 0.0658. The van der Waals surface area contributed by atoms with Gasteiger partial charge >= 0.3 is 0 Å². The molecule has 1 saturated heterocycles. The van der Waals surface area contributed by atoms with Crippen molar-refractivity contribution >= 4 is 40.5 Å². The smallest absolute Gasteiger partial charge is 0.278 e. The van der Waals surface area contributed by atoms with E-state index in [2.05, 4.69) is 19.9 Å². The Kier molecular flexibility index (Phi) is 3.50. The minimum Gasteiger partial charge on any atom is -0.339 e. The third-order valence-corrected chi connectivity index (χ3v) is 4.96. The van der Waals surface area contributed by atoms with E-state index < -0.39 is 15.9 Å². The highest BCUT2D eigenvalue weighted by Crippen LogP contribution is 2.41. The summed E-state index contributed by atoms with van der Waals surface area (Å²) in [5.74, 6) is -0.00832. The van der Waals surface area contributed by atoms with Gasteiger partial charge in [0.2, 0.25) is 11.9 Å². The van der Waals surface area contributed by atoms with Crippen LogP contribution in [0.4, 0.5) is 11.6 Å². The molecule has 4 rings (SSSR count). The fraction of sp³-hybridized carbons (Fsp3) is 0.143. The van der Waals surface area contributed by atoms with E-state index in [-0.39, 0.29) is 34.5 Å². The maximum Gasteiger partial charge on any atom is 0.278 e. The molecule has 1 amide bonds. The maximum atomic E-state index is 12.3. The molecule has 1 atom stereocenters. The van der Waals surface area contributed by atoms with Crippen LogP contribution < -0.4 is 10.5 Å². The van der Waals surface area contributed by atoms with Gasteiger partial charge in [-0.05, 0) is 5.56 Å². The topological polar surface area (TPSA) is 138 Å². The molecule has 0 radical (unpaired) electrons. The van der Waals surface area contributed by atoms with Crippen molar-refractivity contribution in [2.75, 3.05) is 10.7 Å². The number of aromatic amines is 2. The van der Waals surface area contributed by atoms with Crippen molar-refractivity contribution in [1.29, 1.82) is 0 Å². The maximum absolute atomic E-state index is 12.3. The lowest BCUT2D eigenvalue weighted by atomic mass is 10.2. The number of nitro groups is 1. The van der Waals surface area contributed by atoms with E-state index in [1.54, 1.807) is 12.1 Å². The number of hydrogen-bond donors (Lipinski definition) is 2. The number of nitro benzene ring substituents is 1. The average Bonchev–Trinajstić information content (AvgIpc) is 3.21. The first-order valence-corrected chi connectivity index (χ1v) is 8.21. The molecule has 10 nitrogen and oxygen atoms in total. The Bertz CT molecular complexity index is 1060. The third kappa shape index (κ3) is 2.54. The highest BCUT2D eigenvalue weighted by atomic mass is 32.2. The number of fused-ring (bicyclic) bond motifs is 1. The molecule has 1 aliphatic rings. The second-order valence-corrected chi connectivity index (χ2v) is 6.34. The Morgan fingerprint density at radius 1 is 1.36 bits per heavy atom. The number of benzene rings is 1. The lowest BCUT2D eigenvalue weighted by Crippen LogP contribution is -2.31. The van der Waals surface area contributed by atoms with Crippen molar-refractivity contribution in [2.45, 2.75) is 5.37 Å². The molecule has 11 heteroatoms. The van der Waals surface area contributed by atoms with E-state index in [0.29, 0.717) is 5.56 Å². The Hall–Kier alpha value is -3.21.